The number of halogens is 3. The molecule has 0 bridgehead atoms. The largest absolute Gasteiger partial charge is 0.324 e. The fourth-order valence-electron chi connectivity index (χ4n) is 2.09. The van der Waals surface area contributed by atoms with E-state index in [2.05, 4.69) is 26.6 Å². The van der Waals surface area contributed by atoms with Crippen LogP contribution in [-0.4, -0.2) is 18.0 Å². The number of carbonyl (C=O) groups is 1. The van der Waals surface area contributed by atoms with E-state index >= 15 is 0 Å². The van der Waals surface area contributed by atoms with Crippen LogP contribution in [-0.2, 0) is 4.79 Å². The summed E-state index contributed by atoms with van der Waals surface area (Å²) in [6.45, 7) is 2.73. The third-order valence-electron chi connectivity index (χ3n) is 3.30. The monoisotopic (exact) mass is 350 g/mol. The van der Waals surface area contributed by atoms with Crippen molar-refractivity contribution in [2.24, 2.45) is 0 Å². The van der Waals surface area contributed by atoms with Crippen molar-refractivity contribution in [2.75, 3.05) is 11.9 Å². The zero-order valence-corrected chi connectivity index (χ0v) is 13.0. The highest BCUT2D eigenvalue weighted by Crippen LogP contribution is 2.23. The van der Waals surface area contributed by atoms with E-state index in [1.54, 1.807) is 12.1 Å². The summed E-state index contributed by atoms with van der Waals surface area (Å²) in [5, 5.41) is 5.98. The number of rotatable bonds is 2. The molecule has 106 valence electrons. The Kier molecular flexibility index (Phi) is 5.77. The van der Waals surface area contributed by atoms with Gasteiger partial charge in [-0.05, 0) is 66.9 Å². The zero-order valence-electron chi connectivity index (χ0n) is 10.6. The Labute approximate surface area is 126 Å². The summed E-state index contributed by atoms with van der Waals surface area (Å²) in [7, 11) is 0. The highest BCUT2D eigenvalue weighted by molar-refractivity contribution is 9.10. The van der Waals surface area contributed by atoms with E-state index in [0.29, 0.717) is 10.2 Å². The zero-order chi connectivity index (χ0) is 13.2. The van der Waals surface area contributed by atoms with Gasteiger partial charge < -0.3 is 10.6 Å². The number of anilines is 1. The molecule has 1 heterocycles. The van der Waals surface area contributed by atoms with Gasteiger partial charge in [0.1, 0.15) is 5.82 Å². The Morgan fingerprint density at radius 2 is 2.21 bits per heavy atom. The fourth-order valence-corrected chi connectivity index (χ4v) is 2.34. The van der Waals surface area contributed by atoms with E-state index in [4.69, 9.17) is 0 Å². The lowest BCUT2D eigenvalue weighted by molar-refractivity contribution is -0.122. The Balaban J connectivity index is 0.00000180. The predicted molar refractivity (Wildman–Crippen MR) is 80.2 cm³/mol. The molecule has 1 unspecified atom stereocenters. The van der Waals surface area contributed by atoms with Crippen LogP contribution in [0.5, 0.6) is 0 Å². The molecule has 0 radical (unpaired) electrons. The smallest absolute Gasteiger partial charge is 0.244 e. The minimum Gasteiger partial charge on any atom is -0.324 e. The second-order valence-electron chi connectivity index (χ2n) is 4.80. The highest BCUT2D eigenvalue weighted by atomic mass is 79.9. The summed E-state index contributed by atoms with van der Waals surface area (Å²) in [6.07, 6.45) is 2.93. The first-order valence-corrected chi connectivity index (χ1v) is 6.82. The van der Waals surface area contributed by atoms with Crippen molar-refractivity contribution in [3.05, 3.63) is 28.5 Å². The van der Waals surface area contributed by atoms with Crippen molar-refractivity contribution in [1.29, 1.82) is 0 Å². The standard InChI is InChI=1S/C13H16BrFN2O.ClH/c1-13(6-2-3-7-16-13)12(18)17-9-4-5-10(14)11(15)8-9;/h4-5,8,16H,2-3,6-7H2,1H3,(H,17,18);1H. The van der Waals surface area contributed by atoms with Crippen molar-refractivity contribution in [3.63, 3.8) is 0 Å². The SMILES string of the molecule is CC1(C(=O)Nc2ccc(Br)c(F)c2)CCCCN1.Cl. The molecular weight excluding hydrogens is 335 g/mol. The molecule has 1 aliphatic heterocycles. The normalized spacial score (nSPS) is 22.5. The summed E-state index contributed by atoms with van der Waals surface area (Å²) in [5.74, 6) is -0.488. The molecule has 2 N–H and O–H groups in total. The van der Waals surface area contributed by atoms with Gasteiger partial charge in [0.2, 0.25) is 5.91 Å². The molecule has 1 aliphatic rings. The number of amides is 1. The quantitative estimate of drug-likeness (QED) is 0.856. The number of benzene rings is 1. The topological polar surface area (TPSA) is 41.1 Å². The first-order valence-electron chi connectivity index (χ1n) is 6.03. The van der Waals surface area contributed by atoms with E-state index in [0.717, 1.165) is 25.8 Å². The lowest BCUT2D eigenvalue weighted by Crippen LogP contribution is -2.54. The molecule has 1 aromatic rings. The van der Waals surface area contributed by atoms with Crippen LogP contribution < -0.4 is 10.6 Å². The molecule has 0 aromatic heterocycles. The van der Waals surface area contributed by atoms with Crippen LogP contribution in [0.4, 0.5) is 10.1 Å². The number of hydrogen-bond donors (Lipinski definition) is 2. The summed E-state index contributed by atoms with van der Waals surface area (Å²) < 4.78 is 13.7. The molecule has 0 aliphatic carbocycles. The molecule has 0 spiro atoms. The van der Waals surface area contributed by atoms with E-state index in [9.17, 15) is 9.18 Å². The number of hydrogen-bond acceptors (Lipinski definition) is 2. The predicted octanol–water partition coefficient (Wildman–Crippen LogP) is 3.48. The third kappa shape index (κ3) is 3.91. The maximum absolute atomic E-state index is 13.4. The molecule has 3 nitrogen and oxygen atoms in total. The van der Waals surface area contributed by atoms with Gasteiger partial charge in [-0.3, -0.25) is 4.79 Å². The molecule has 6 heteroatoms. The Morgan fingerprint density at radius 3 is 2.79 bits per heavy atom. The van der Waals surface area contributed by atoms with Crippen molar-refractivity contribution < 1.29 is 9.18 Å². The maximum Gasteiger partial charge on any atom is 0.244 e. The fraction of sp³-hybridized carbons (Fsp3) is 0.462. The molecule has 1 saturated heterocycles. The van der Waals surface area contributed by atoms with Crippen molar-refractivity contribution in [2.45, 2.75) is 31.7 Å². The number of piperidine rings is 1. The second-order valence-corrected chi connectivity index (χ2v) is 5.65. The lowest BCUT2D eigenvalue weighted by atomic mass is 9.90. The van der Waals surface area contributed by atoms with E-state index < -0.39 is 5.54 Å². The molecule has 1 atom stereocenters. The van der Waals surface area contributed by atoms with E-state index in [-0.39, 0.29) is 24.1 Å². The van der Waals surface area contributed by atoms with Crippen LogP contribution in [0.3, 0.4) is 0 Å². The van der Waals surface area contributed by atoms with Crippen LogP contribution in [0.25, 0.3) is 0 Å². The van der Waals surface area contributed by atoms with Gasteiger partial charge in [-0.2, -0.15) is 0 Å². The van der Waals surface area contributed by atoms with Crippen LogP contribution in [0.1, 0.15) is 26.2 Å². The minimum atomic E-state index is -0.554. The summed E-state index contributed by atoms with van der Waals surface area (Å²) in [4.78, 5) is 12.2. The third-order valence-corrected chi connectivity index (χ3v) is 3.94. The number of nitrogens with one attached hydrogen (secondary N) is 2. The van der Waals surface area contributed by atoms with Crippen molar-refractivity contribution >= 4 is 39.9 Å². The maximum atomic E-state index is 13.4. The van der Waals surface area contributed by atoms with Gasteiger partial charge in [-0.15, -0.1) is 12.4 Å². The Bertz CT molecular complexity index is 464. The van der Waals surface area contributed by atoms with Gasteiger partial charge in [-0.1, -0.05) is 0 Å². The van der Waals surface area contributed by atoms with Crippen LogP contribution in [0.15, 0.2) is 22.7 Å². The molecule has 1 fully saturated rings. The van der Waals surface area contributed by atoms with Gasteiger partial charge in [0, 0.05) is 5.69 Å². The average molecular weight is 352 g/mol. The summed E-state index contributed by atoms with van der Waals surface area (Å²) in [5.41, 5.74) is -0.0729. The molecular formula is C13H17BrClFN2O. The van der Waals surface area contributed by atoms with Gasteiger partial charge in [0.15, 0.2) is 0 Å². The first kappa shape index (κ1) is 16.4. The van der Waals surface area contributed by atoms with E-state index in [1.165, 1.54) is 6.07 Å². The molecule has 19 heavy (non-hydrogen) atoms. The second kappa shape index (κ2) is 6.68. The Hall–Kier alpha value is -0.650. The van der Waals surface area contributed by atoms with Gasteiger partial charge in [0.05, 0.1) is 10.0 Å². The van der Waals surface area contributed by atoms with Gasteiger partial charge in [0.25, 0.3) is 0 Å². The van der Waals surface area contributed by atoms with Crippen LogP contribution in [0, 0.1) is 5.82 Å². The highest BCUT2D eigenvalue weighted by Gasteiger charge is 2.34. The summed E-state index contributed by atoms with van der Waals surface area (Å²) >= 11 is 3.08. The first-order chi connectivity index (χ1) is 8.51. The van der Waals surface area contributed by atoms with Gasteiger partial charge >= 0.3 is 0 Å². The molecule has 1 aromatic carbocycles. The van der Waals surface area contributed by atoms with E-state index in [1.807, 2.05) is 6.92 Å². The molecule has 0 saturated carbocycles. The Morgan fingerprint density at radius 1 is 1.47 bits per heavy atom. The summed E-state index contributed by atoms with van der Waals surface area (Å²) in [6, 6.07) is 4.58. The van der Waals surface area contributed by atoms with Crippen molar-refractivity contribution in [1.82, 2.24) is 5.32 Å². The minimum absolute atomic E-state index is 0. The van der Waals surface area contributed by atoms with Crippen molar-refractivity contribution in [3.8, 4) is 0 Å². The number of carbonyl (C=O) groups excluding carboxylic acids is 1. The van der Waals surface area contributed by atoms with Crippen LogP contribution >= 0.6 is 28.3 Å². The van der Waals surface area contributed by atoms with Gasteiger partial charge in [-0.25, -0.2) is 4.39 Å². The average Bonchev–Trinajstić information content (AvgIpc) is 2.35. The lowest BCUT2D eigenvalue weighted by Gasteiger charge is -2.33. The van der Waals surface area contributed by atoms with Crippen LogP contribution in [0.2, 0.25) is 0 Å². The molecule has 1 amide bonds. The molecule has 2 rings (SSSR count).